The van der Waals surface area contributed by atoms with Crippen LogP contribution in [0, 0.1) is 5.92 Å². The van der Waals surface area contributed by atoms with Crippen molar-refractivity contribution < 1.29 is 14.4 Å². The summed E-state index contributed by atoms with van der Waals surface area (Å²) in [5.41, 5.74) is 1.84. The summed E-state index contributed by atoms with van der Waals surface area (Å²) >= 11 is 0. The molecule has 3 rings (SSSR count). The molecule has 0 radical (unpaired) electrons. The molecule has 1 atom stereocenters. The molecule has 0 aliphatic carbocycles. The van der Waals surface area contributed by atoms with Gasteiger partial charge in [0, 0.05) is 12.5 Å². The molecular formula is C18H15NO3. The van der Waals surface area contributed by atoms with Gasteiger partial charge in [0.05, 0.1) is 11.1 Å². The number of hydrogen-bond donors (Lipinski definition) is 0. The Hall–Kier alpha value is -2.75. The van der Waals surface area contributed by atoms with Gasteiger partial charge in [-0.1, -0.05) is 42.5 Å². The van der Waals surface area contributed by atoms with Crippen LogP contribution in [0.5, 0.6) is 0 Å². The van der Waals surface area contributed by atoms with Crippen molar-refractivity contribution in [3.8, 4) is 0 Å². The molecule has 4 heteroatoms. The topological polar surface area (TPSA) is 54.5 Å². The van der Waals surface area contributed by atoms with E-state index >= 15 is 0 Å². The number of imide groups is 1. The van der Waals surface area contributed by atoms with Gasteiger partial charge in [-0.25, -0.2) is 0 Å². The first-order valence-corrected chi connectivity index (χ1v) is 7.15. The predicted octanol–water partition coefficient (Wildman–Crippen LogP) is 2.34. The number of hydrogen-bond acceptors (Lipinski definition) is 3. The van der Waals surface area contributed by atoms with Crippen LogP contribution in [0.3, 0.4) is 0 Å². The molecule has 1 aliphatic heterocycles. The van der Waals surface area contributed by atoms with Crippen LogP contribution in [0.1, 0.15) is 26.3 Å². The second kappa shape index (κ2) is 5.93. The van der Waals surface area contributed by atoms with Crippen LogP contribution in [0.2, 0.25) is 0 Å². The molecule has 4 nitrogen and oxygen atoms in total. The molecule has 0 aromatic heterocycles. The van der Waals surface area contributed by atoms with Gasteiger partial charge in [0.1, 0.15) is 6.29 Å². The maximum Gasteiger partial charge on any atom is 0.261 e. The summed E-state index contributed by atoms with van der Waals surface area (Å²) in [6.07, 6.45) is 1.33. The minimum absolute atomic E-state index is 0.116. The van der Waals surface area contributed by atoms with E-state index in [-0.39, 0.29) is 18.4 Å². The minimum atomic E-state index is -0.399. The number of benzene rings is 2. The van der Waals surface area contributed by atoms with E-state index in [0.29, 0.717) is 17.5 Å². The molecule has 1 unspecified atom stereocenters. The molecular weight excluding hydrogens is 278 g/mol. The monoisotopic (exact) mass is 293 g/mol. The van der Waals surface area contributed by atoms with E-state index in [1.807, 2.05) is 30.3 Å². The Morgan fingerprint density at radius 1 is 0.864 bits per heavy atom. The molecule has 0 N–H and O–H groups in total. The molecule has 0 saturated heterocycles. The Kier molecular flexibility index (Phi) is 3.83. The van der Waals surface area contributed by atoms with Crippen LogP contribution < -0.4 is 0 Å². The number of amides is 2. The third-order valence-corrected chi connectivity index (χ3v) is 3.83. The van der Waals surface area contributed by atoms with Gasteiger partial charge in [-0.2, -0.15) is 0 Å². The van der Waals surface area contributed by atoms with Gasteiger partial charge >= 0.3 is 0 Å². The average Bonchev–Trinajstić information content (AvgIpc) is 2.80. The van der Waals surface area contributed by atoms with Crippen molar-refractivity contribution in [3.05, 3.63) is 71.3 Å². The van der Waals surface area contributed by atoms with Crippen LogP contribution in [0.4, 0.5) is 0 Å². The minimum Gasteiger partial charge on any atom is -0.303 e. The van der Waals surface area contributed by atoms with E-state index in [2.05, 4.69) is 0 Å². The van der Waals surface area contributed by atoms with Crippen molar-refractivity contribution in [2.24, 2.45) is 5.92 Å². The number of carbonyl (C=O) groups is 3. The smallest absolute Gasteiger partial charge is 0.261 e. The number of carbonyl (C=O) groups excluding carboxylic acids is 3. The van der Waals surface area contributed by atoms with Gasteiger partial charge in [0.25, 0.3) is 11.8 Å². The first kappa shape index (κ1) is 14.2. The Morgan fingerprint density at radius 2 is 1.41 bits per heavy atom. The van der Waals surface area contributed by atoms with Crippen LogP contribution in [-0.4, -0.2) is 29.5 Å². The van der Waals surface area contributed by atoms with Crippen LogP contribution in [-0.2, 0) is 11.2 Å². The maximum atomic E-state index is 12.3. The lowest BCUT2D eigenvalue weighted by atomic mass is 10.00. The van der Waals surface area contributed by atoms with Gasteiger partial charge in [0.15, 0.2) is 0 Å². The lowest BCUT2D eigenvalue weighted by molar-refractivity contribution is -0.111. The third-order valence-electron chi connectivity index (χ3n) is 3.83. The van der Waals surface area contributed by atoms with E-state index in [9.17, 15) is 14.4 Å². The van der Waals surface area contributed by atoms with Gasteiger partial charge in [0.2, 0.25) is 0 Å². The van der Waals surface area contributed by atoms with Crippen molar-refractivity contribution in [3.63, 3.8) is 0 Å². The Labute approximate surface area is 128 Å². The molecule has 1 heterocycles. The number of fused-ring (bicyclic) bond motifs is 1. The standard InChI is InChI=1S/C18H15NO3/c20-12-14(10-13-6-2-1-3-7-13)11-19-17(21)15-8-4-5-9-16(15)18(19)22/h1-9,12,14H,10-11H2. The van der Waals surface area contributed by atoms with Crippen molar-refractivity contribution in [1.29, 1.82) is 0 Å². The van der Waals surface area contributed by atoms with Gasteiger partial charge in [-0.15, -0.1) is 0 Å². The van der Waals surface area contributed by atoms with Crippen molar-refractivity contribution in [1.82, 2.24) is 4.90 Å². The van der Waals surface area contributed by atoms with Crippen LogP contribution in [0.15, 0.2) is 54.6 Å². The Balaban J connectivity index is 1.77. The molecule has 0 bridgehead atoms. The molecule has 1 aliphatic rings. The lowest BCUT2D eigenvalue weighted by Gasteiger charge is -2.18. The number of rotatable bonds is 5. The highest BCUT2D eigenvalue weighted by atomic mass is 16.2. The summed E-state index contributed by atoms with van der Waals surface area (Å²) in [5, 5.41) is 0. The summed E-state index contributed by atoms with van der Waals surface area (Å²) in [6, 6.07) is 16.3. The molecule has 22 heavy (non-hydrogen) atoms. The van der Waals surface area contributed by atoms with E-state index in [1.54, 1.807) is 24.3 Å². The van der Waals surface area contributed by atoms with Crippen LogP contribution in [0.25, 0.3) is 0 Å². The zero-order valence-corrected chi connectivity index (χ0v) is 11.9. The fourth-order valence-electron chi connectivity index (χ4n) is 2.71. The van der Waals surface area contributed by atoms with Crippen molar-refractivity contribution in [2.75, 3.05) is 6.54 Å². The van der Waals surface area contributed by atoms with Crippen molar-refractivity contribution >= 4 is 18.1 Å². The third kappa shape index (κ3) is 2.55. The highest BCUT2D eigenvalue weighted by Gasteiger charge is 2.36. The van der Waals surface area contributed by atoms with E-state index in [1.165, 1.54) is 4.90 Å². The first-order valence-electron chi connectivity index (χ1n) is 7.15. The summed E-state index contributed by atoms with van der Waals surface area (Å²) in [7, 11) is 0. The molecule has 0 spiro atoms. The zero-order valence-electron chi connectivity index (χ0n) is 11.9. The Morgan fingerprint density at radius 3 is 1.95 bits per heavy atom. The molecule has 2 amide bonds. The first-order chi connectivity index (χ1) is 10.7. The highest BCUT2D eigenvalue weighted by Crippen LogP contribution is 2.23. The summed E-state index contributed by atoms with van der Waals surface area (Å²) < 4.78 is 0. The molecule has 110 valence electrons. The summed E-state index contributed by atoms with van der Waals surface area (Å²) in [5.74, 6) is -1.04. The lowest BCUT2D eigenvalue weighted by Crippen LogP contribution is -2.35. The second-order valence-electron chi connectivity index (χ2n) is 5.35. The number of aldehydes is 1. The fourth-order valence-corrected chi connectivity index (χ4v) is 2.71. The zero-order chi connectivity index (χ0) is 15.5. The van der Waals surface area contributed by atoms with E-state index in [0.717, 1.165) is 11.8 Å². The molecule has 0 fully saturated rings. The van der Waals surface area contributed by atoms with Crippen molar-refractivity contribution in [2.45, 2.75) is 6.42 Å². The largest absolute Gasteiger partial charge is 0.303 e. The van der Waals surface area contributed by atoms with Gasteiger partial charge < -0.3 is 4.79 Å². The fraction of sp³-hybridized carbons (Fsp3) is 0.167. The highest BCUT2D eigenvalue weighted by molar-refractivity contribution is 6.21. The molecule has 2 aromatic rings. The Bertz CT molecular complexity index is 689. The van der Waals surface area contributed by atoms with E-state index < -0.39 is 5.92 Å². The summed E-state index contributed by atoms with van der Waals surface area (Å²) in [4.78, 5) is 37.1. The normalized spacial score (nSPS) is 14.8. The second-order valence-corrected chi connectivity index (χ2v) is 5.35. The number of nitrogens with zero attached hydrogens (tertiary/aromatic N) is 1. The maximum absolute atomic E-state index is 12.3. The summed E-state index contributed by atoms with van der Waals surface area (Å²) in [6.45, 7) is 0.116. The van der Waals surface area contributed by atoms with Gasteiger partial charge in [-0.3, -0.25) is 14.5 Å². The molecule has 2 aromatic carbocycles. The average molecular weight is 293 g/mol. The predicted molar refractivity (Wildman–Crippen MR) is 81.5 cm³/mol. The quantitative estimate of drug-likeness (QED) is 0.628. The van der Waals surface area contributed by atoms with E-state index in [4.69, 9.17) is 0 Å². The van der Waals surface area contributed by atoms with Gasteiger partial charge in [-0.05, 0) is 24.1 Å². The van der Waals surface area contributed by atoms with Crippen LogP contribution >= 0.6 is 0 Å². The molecule has 0 saturated carbocycles. The SMILES string of the molecule is O=CC(Cc1ccccc1)CN1C(=O)c2ccccc2C1=O.